The molecule has 0 unspecified atom stereocenters. The minimum absolute atomic E-state index is 0.321. The summed E-state index contributed by atoms with van der Waals surface area (Å²) in [6.07, 6.45) is -3.05. The molecule has 0 aromatic heterocycles. The first-order valence-electron chi connectivity index (χ1n) is 8.58. The minimum Gasteiger partial charge on any atom is -0.497 e. The highest BCUT2D eigenvalue weighted by Gasteiger charge is 2.50. The van der Waals surface area contributed by atoms with E-state index in [4.69, 9.17) is 14.2 Å². The summed E-state index contributed by atoms with van der Waals surface area (Å²) in [6.45, 7) is 2.20. The van der Waals surface area contributed by atoms with Crippen molar-refractivity contribution in [2.75, 3.05) is 21.2 Å². The highest BCUT2D eigenvalue weighted by molar-refractivity contribution is 8.14. The van der Waals surface area contributed by atoms with Gasteiger partial charge in [0.25, 0.3) is 0 Å². The molecule has 0 saturated carbocycles. The van der Waals surface area contributed by atoms with Gasteiger partial charge < -0.3 is 29.3 Å². The third kappa shape index (κ3) is 3.99. The molecular weight excluding hydrogens is 356 g/mol. The van der Waals surface area contributed by atoms with Crippen molar-refractivity contribution in [2.24, 2.45) is 4.99 Å². The van der Waals surface area contributed by atoms with Gasteiger partial charge in [-0.1, -0.05) is 23.9 Å². The van der Waals surface area contributed by atoms with E-state index in [1.807, 2.05) is 50.2 Å². The van der Waals surface area contributed by atoms with E-state index >= 15 is 0 Å². The molecule has 6 atom stereocenters. The molecule has 1 aromatic carbocycles. The normalized spacial score (nSPS) is 31.9. The fourth-order valence-corrected chi connectivity index (χ4v) is 4.21. The third-order valence-electron chi connectivity index (χ3n) is 4.58. The molecule has 1 saturated heterocycles. The SMILES string of the molecule is COc1cccc(CO[C@@H](C)[C@H]2O[C@@H]3SC(N(C)C)=N[C@@H]3[C@@H](O)[C@@H]2O)c1. The molecule has 0 bridgehead atoms. The zero-order chi connectivity index (χ0) is 18.8. The van der Waals surface area contributed by atoms with Crippen LogP contribution in [-0.2, 0) is 16.1 Å². The van der Waals surface area contributed by atoms with Gasteiger partial charge in [0.2, 0.25) is 0 Å². The van der Waals surface area contributed by atoms with Gasteiger partial charge >= 0.3 is 0 Å². The van der Waals surface area contributed by atoms with E-state index in [-0.39, 0.29) is 5.44 Å². The lowest BCUT2D eigenvalue weighted by Gasteiger charge is -2.40. The number of rotatable bonds is 5. The second kappa shape index (κ2) is 8.14. The number of amidine groups is 1. The highest BCUT2D eigenvalue weighted by atomic mass is 32.2. The fraction of sp³-hybridized carbons (Fsp3) is 0.611. The highest BCUT2D eigenvalue weighted by Crippen LogP contribution is 2.38. The van der Waals surface area contributed by atoms with Crippen molar-refractivity contribution >= 4 is 16.9 Å². The van der Waals surface area contributed by atoms with E-state index in [2.05, 4.69) is 4.99 Å². The van der Waals surface area contributed by atoms with E-state index in [0.717, 1.165) is 16.5 Å². The molecule has 0 spiro atoms. The quantitative estimate of drug-likeness (QED) is 0.788. The Morgan fingerprint density at radius 3 is 2.77 bits per heavy atom. The molecule has 0 amide bonds. The van der Waals surface area contributed by atoms with Crippen LogP contribution >= 0.6 is 11.8 Å². The van der Waals surface area contributed by atoms with Crippen molar-refractivity contribution < 1.29 is 24.4 Å². The Labute approximate surface area is 158 Å². The lowest BCUT2D eigenvalue weighted by Crippen LogP contribution is -2.58. The summed E-state index contributed by atoms with van der Waals surface area (Å²) in [6, 6.07) is 7.16. The van der Waals surface area contributed by atoms with Gasteiger partial charge in [-0.05, 0) is 24.6 Å². The van der Waals surface area contributed by atoms with Crippen LogP contribution in [0, 0.1) is 0 Å². The molecule has 8 heteroatoms. The van der Waals surface area contributed by atoms with Crippen molar-refractivity contribution in [3.8, 4) is 5.75 Å². The van der Waals surface area contributed by atoms with Crippen molar-refractivity contribution in [1.82, 2.24) is 4.90 Å². The number of benzene rings is 1. The molecular formula is C18H26N2O5S. The smallest absolute Gasteiger partial charge is 0.161 e. The lowest BCUT2D eigenvalue weighted by molar-refractivity contribution is -0.193. The summed E-state index contributed by atoms with van der Waals surface area (Å²) in [5, 5.41) is 21.8. The average Bonchev–Trinajstić information content (AvgIpc) is 3.07. The molecule has 7 nitrogen and oxygen atoms in total. The van der Waals surface area contributed by atoms with Crippen LogP contribution in [-0.4, -0.2) is 77.4 Å². The predicted molar refractivity (Wildman–Crippen MR) is 100 cm³/mol. The summed E-state index contributed by atoms with van der Waals surface area (Å²) < 4.78 is 17.1. The predicted octanol–water partition coefficient (Wildman–Crippen LogP) is 1.08. The zero-order valence-electron chi connectivity index (χ0n) is 15.4. The first-order valence-corrected chi connectivity index (χ1v) is 9.46. The molecule has 2 heterocycles. The molecule has 2 N–H and O–H groups in total. The molecule has 2 aliphatic rings. The molecule has 2 aliphatic heterocycles. The molecule has 0 radical (unpaired) electrons. The number of fused-ring (bicyclic) bond motifs is 1. The Morgan fingerprint density at radius 1 is 1.31 bits per heavy atom. The van der Waals surface area contributed by atoms with Gasteiger partial charge in [-0.2, -0.15) is 0 Å². The Balaban J connectivity index is 1.62. The average molecular weight is 382 g/mol. The Bertz CT molecular complexity index is 656. The Hall–Kier alpha value is -1.32. The number of nitrogens with zero attached hydrogens (tertiary/aromatic N) is 2. The number of aliphatic imine (C=N–C) groups is 1. The van der Waals surface area contributed by atoms with E-state index in [9.17, 15) is 10.2 Å². The molecule has 144 valence electrons. The maximum Gasteiger partial charge on any atom is 0.161 e. The number of thioether (sulfide) groups is 1. The second-order valence-electron chi connectivity index (χ2n) is 6.73. The number of methoxy groups -OCH3 is 1. The first kappa shape index (κ1) is 19.4. The Morgan fingerprint density at radius 2 is 2.08 bits per heavy atom. The van der Waals surface area contributed by atoms with Crippen molar-refractivity contribution in [2.45, 2.75) is 49.4 Å². The standard InChI is InChI=1S/C18H26N2O5S/c1-10(24-9-11-6-5-7-12(8-11)23-4)16-15(22)14(21)13-17(25-16)26-18(19-13)20(2)3/h5-8,10,13-17,21-22H,9H2,1-4H3/t10-,13+,14+,15-,16+,17+/m0/s1. The van der Waals surface area contributed by atoms with Crippen LogP contribution in [0.25, 0.3) is 0 Å². The maximum absolute atomic E-state index is 10.5. The molecule has 3 rings (SSSR count). The third-order valence-corrected chi connectivity index (χ3v) is 5.88. The van der Waals surface area contributed by atoms with E-state index in [1.54, 1.807) is 7.11 Å². The van der Waals surface area contributed by atoms with Crippen molar-refractivity contribution in [1.29, 1.82) is 0 Å². The zero-order valence-corrected chi connectivity index (χ0v) is 16.2. The van der Waals surface area contributed by atoms with Gasteiger partial charge in [0.15, 0.2) is 5.17 Å². The van der Waals surface area contributed by atoms with Gasteiger partial charge in [-0.3, -0.25) is 4.99 Å². The molecule has 1 aromatic rings. The second-order valence-corrected chi connectivity index (χ2v) is 7.80. The summed E-state index contributed by atoms with van der Waals surface area (Å²) in [5.74, 6) is 0.765. The number of aliphatic hydroxyl groups is 2. The van der Waals surface area contributed by atoms with Gasteiger partial charge in [0, 0.05) is 14.1 Å². The van der Waals surface area contributed by atoms with Crippen LogP contribution < -0.4 is 4.74 Å². The number of aliphatic hydroxyl groups excluding tert-OH is 2. The van der Waals surface area contributed by atoms with Crippen LogP contribution in [0.4, 0.5) is 0 Å². The summed E-state index contributed by atoms with van der Waals surface area (Å²) in [5.41, 5.74) is 0.645. The summed E-state index contributed by atoms with van der Waals surface area (Å²) in [7, 11) is 5.41. The fourth-order valence-electron chi connectivity index (χ4n) is 3.06. The van der Waals surface area contributed by atoms with Crippen LogP contribution in [0.5, 0.6) is 5.75 Å². The van der Waals surface area contributed by atoms with Crippen LogP contribution in [0.1, 0.15) is 12.5 Å². The molecule has 0 aliphatic carbocycles. The monoisotopic (exact) mass is 382 g/mol. The van der Waals surface area contributed by atoms with Gasteiger partial charge in [-0.15, -0.1) is 0 Å². The van der Waals surface area contributed by atoms with Crippen molar-refractivity contribution in [3.63, 3.8) is 0 Å². The van der Waals surface area contributed by atoms with E-state index in [0.29, 0.717) is 6.61 Å². The van der Waals surface area contributed by atoms with Gasteiger partial charge in [-0.25, -0.2) is 0 Å². The number of hydrogen-bond acceptors (Lipinski definition) is 8. The molecule has 1 fully saturated rings. The van der Waals surface area contributed by atoms with Crippen LogP contribution in [0.15, 0.2) is 29.3 Å². The maximum atomic E-state index is 10.5. The minimum atomic E-state index is -1.05. The van der Waals surface area contributed by atoms with Crippen molar-refractivity contribution in [3.05, 3.63) is 29.8 Å². The topological polar surface area (TPSA) is 83.8 Å². The number of ether oxygens (including phenoxy) is 3. The van der Waals surface area contributed by atoms with E-state index < -0.39 is 30.5 Å². The molecule has 26 heavy (non-hydrogen) atoms. The van der Waals surface area contributed by atoms with Crippen LogP contribution in [0.2, 0.25) is 0 Å². The largest absolute Gasteiger partial charge is 0.497 e. The first-order chi connectivity index (χ1) is 12.4. The van der Waals surface area contributed by atoms with Crippen LogP contribution in [0.3, 0.4) is 0 Å². The number of hydrogen-bond donors (Lipinski definition) is 2. The van der Waals surface area contributed by atoms with E-state index in [1.165, 1.54) is 11.8 Å². The lowest BCUT2D eigenvalue weighted by atomic mass is 9.95. The Kier molecular flexibility index (Phi) is 6.09. The summed E-state index contributed by atoms with van der Waals surface area (Å²) >= 11 is 1.46. The summed E-state index contributed by atoms with van der Waals surface area (Å²) in [4.78, 5) is 6.34. The van der Waals surface area contributed by atoms with Gasteiger partial charge in [0.05, 0.1) is 19.8 Å². The van der Waals surface area contributed by atoms with Gasteiger partial charge in [0.1, 0.15) is 35.5 Å².